The second kappa shape index (κ2) is 12.5. The fourth-order valence-corrected chi connectivity index (χ4v) is 4.84. The van der Waals surface area contributed by atoms with E-state index in [0.717, 1.165) is 24.0 Å². The summed E-state index contributed by atoms with van der Waals surface area (Å²) >= 11 is 0. The molecule has 3 rings (SSSR count). The first-order valence-electron chi connectivity index (χ1n) is 12.9. The zero-order valence-corrected chi connectivity index (χ0v) is 22.2. The highest BCUT2D eigenvalue weighted by Gasteiger charge is 2.35. The molecule has 0 saturated carbocycles. The van der Waals surface area contributed by atoms with Crippen molar-refractivity contribution in [3.05, 3.63) is 65.7 Å². The predicted molar refractivity (Wildman–Crippen MR) is 137 cm³/mol. The van der Waals surface area contributed by atoms with E-state index in [1.54, 1.807) is 32.9 Å². The van der Waals surface area contributed by atoms with Gasteiger partial charge in [0.2, 0.25) is 0 Å². The van der Waals surface area contributed by atoms with Crippen LogP contribution in [0.25, 0.3) is 0 Å². The summed E-state index contributed by atoms with van der Waals surface area (Å²) in [5.41, 5.74) is 1.26. The van der Waals surface area contributed by atoms with E-state index < -0.39 is 36.2 Å². The van der Waals surface area contributed by atoms with Gasteiger partial charge in [-0.2, -0.15) is 0 Å². The molecule has 1 heterocycles. The third-order valence-corrected chi connectivity index (χ3v) is 6.52. The summed E-state index contributed by atoms with van der Waals surface area (Å²) in [6.07, 6.45) is -2.81. The van der Waals surface area contributed by atoms with Gasteiger partial charge in [-0.3, -0.25) is 0 Å². The van der Waals surface area contributed by atoms with Crippen LogP contribution in [0.2, 0.25) is 0 Å². The number of carbonyl (C=O) groups is 2. The fraction of sp³-hybridized carbons (Fsp3) is 0.517. The van der Waals surface area contributed by atoms with E-state index in [1.807, 2.05) is 25.1 Å². The zero-order chi connectivity index (χ0) is 27.9. The maximum atomic E-state index is 13.1. The molecule has 2 aromatic carbocycles. The van der Waals surface area contributed by atoms with Crippen molar-refractivity contribution in [2.75, 3.05) is 0 Å². The lowest BCUT2D eigenvalue weighted by molar-refractivity contribution is -0.274. The molecule has 0 aliphatic carbocycles. The summed E-state index contributed by atoms with van der Waals surface area (Å²) in [5, 5.41) is 2.65. The van der Waals surface area contributed by atoms with Crippen molar-refractivity contribution in [1.82, 2.24) is 5.32 Å². The van der Waals surface area contributed by atoms with Gasteiger partial charge in [0.15, 0.2) is 0 Å². The molecule has 38 heavy (non-hydrogen) atoms. The Morgan fingerprint density at radius 2 is 1.61 bits per heavy atom. The van der Waals surface area contributed by atoms with Gasteiger partial charge in [-0.25, -0.2) is 9.59 Å². The van der Waals surface area contributed by atoms with Crippen LogP contribution in [0.4, 0.5) is 18.0 Å². The van der Waals surface area contributed by atoms with Crippen molar-refractivity contribution in [3.8, 4) is 5.75 Å². The summed E-state index contributed by atoms with van der Waals surface area (Å²) in [7, 11) is 0. The quantitative estimate of drug-likeness (QED) is 0.421. The van der Waals surface area contributed by atoms with Gasteiger partial charge in [-0.15, -0.1) is 13.2 Å². The number of halogens is 3. The minimum Gasteiger partial charge on any atom is -0.461 e. The zero-order valence-electron chi connectivity index (χ0n) is 22.2. The Morgan fingerprint density at radius 3 is 2.21 bits per heavy atom. The number of hydrogen-bond donors (Lipinski definition) is 1. The van der Waals surface area contributed by atoms with E-state index >= 15 is 0 Å². The molecule has 9 heteroatoms. The lowest BCUT2D eigenvalue weighted by atomic mass is 9.77. The molecule has 6 nitrogen and oxygen atoms in total. The molecule has 4 atom stereocenters. The van der Waals surface area contributed by atoms with Gasteiger partial charge >= 0.3 is 18.4 Å². The number of amides is 1. The van der Waals surface area contributed by atoms with Crippen molar-refractivity contribution in [1.29, 1.82) is 0 Å². The van der Waals surface area contributed by atoms with Crippen LogP contribution in [0.5, 0.6) is 5.75 Å². The Labute approximate surface area is 221 Å². The molecule has 2 aromatic rings. The van der Waals surface area contributed by atoms with Crippen LogP contribution in [0.15, 0.2) is 54.6 Å². The first-order valence-corrected chi connectivity index (χ1v) is 12.9. The van der Waals surface area contributed by atoms with Crippen LogP contribution in [0, 0.1) is 11.8 Å². The number of alkyl halides is 3. The lowest BCUT2D eigenvalue weighted by Crippen LogP contribution is -2.45. The third kappa shape index (κ3) is 9.58. The highest BCUT2D eigenvalue weighted by Crippen LogP contribution is 2.33. The number of benzene rings is 2. The average molecular weight is 536 g/mol. The monoisotopic (exact) mass is 535 g/mol. The van der Waals surface area contributed by atoms with Crippen LogP contribution < -0.4 is 10.1 Å². The molecule has 1 amide bonds. The average Bonchev–Trinajstić information content (AvgIpc) is 2.84. The molecule has 0 radical (unpaired) electrons. The second-order valence-corrected chi connectivity index (χ2v) is 10.8. The van der Waals surface area contributed by atoms with Gasteiger partial charge in [0.1, 0.15) is 23.5 Å². The Morgan fingerprint density at radius 1 is 0.974 bits per heavy atom. The number of rotatable bonds is 6. The van der Waals surface area contributed by atoms with Crippen molar-refractivity contribution in [2.24, 2.45) is 11.8 Å². The van der Waals surface area contributed by atoms with Crippen molar-refractivity contribution in [3.63, 3.8) is 0 Å². The van der Waals surface area contributed by atoms with E-state index in [0.29, 0.717) is 19.3 Å². The Bertz CT molecular complexity index is 1050. The Kier molecular flexibility index (Phi) is 9.68. The van der Waals surface area contributed by atoms with Gasteiger partial charge in [0, 0.05) is 5.92 Å². The second-order valence-electron chi connectivity index (χ2n) is 10.8. The van der Waals surface area contributed by atoms with Crippen LogP contribution in [0.3, 0.4) is 0 Å². The topological polar surface area (TPSA) is 73.9 Å². The normalized spacial score (nSPS) is 22.9. The number of esters is 1. The van der Waals surface area contributed by atoms with Crippen molar-refractivity contribution >= 4 is 12.1 Å². The van der Waals surface area contributed by atoms with Gasteiger partial charge in [0.25, 0.3) is 0 Å². The number of cyclic esters (lactones) is 1. The van der Waals surface area contributed by atoms with Crippen LogP contribution >= 0.6 is 0 Å². The summed E-state index contributed by atoms with van der Waals surface area (Å²) < 4.78 is 52.9. The summed E-state index contributed by atoms with van der Waals surface area (Å²) in [4.78, 5) is 25.4. The number of hydrogen-bond acceptors (Lipinski definition) is 5. The minimum absolute atomic E-state index is 0.103. The molecule has 208 valence electrons. The predicted octanol–water partition coefficient (Wildman–Crippen LogP) is 6.61. The van der Waals surface area contributed by atoms with E-state index in [9.17, 15) is 22.8 Å². The summed E-state index contributed by atoms with van der Waals surface area (Å²) in [5.74, 6) is -0.782. The van der Waals surface area contributed by atoms with E-state index in [2.05, 4.69) is 22.2 Å². The molecule has 0 spiro atoms. The first kappa shape index (κ1) is 29.3. The van der Waals surface area contributed by atoms with E-state index in [4.69, 9.17) is 9.47 Å². The molecule has 1 aliphatic heterocycles. The van der Waals surface area contributed by atoms with Crippen LogP contribution in [0.1, 0.15) is 58.1 Å². The Balaban J connectivity index is 1.80. The molecule has 1 aliphatic rings. The highest BCUT2D eigenvalue weighted by molar-refractivity contribution is 5.81. The highest BCUT2D eigenvalue weighted by atomic mass is 19.4. The summed E-state index contributed by atoms with van der Waals surface area (Å²) in [6.45, 7) is 7.07. The number of ether oxygens (including phenoxy) is 3. The summed E-state index contributed by atoms with van der Waals surface area (Å²) in [6, 6.07) is 15.0. The van der Waals surface area contributed by atoms with Gasteiger partial charge in [-0.1, -0.05) is 48.9 Å². The molecular weight excluding hydrogens is 499 g/mol. The van der Waals surface area contributed by atoms with Crippen LogP contribution in [-0.4, -0.2) is 36.2 Å². The largest absolute Gasteiger partial charge is 0.573 e. The molecule has 0 unspecified atom stereocenters. The lowest BCUT2D eigenvalue weighted by Gasteiger charge is -2.31. The van der Waals surface area contributed by atoms with E-state index in [1.165, 1.54) is 12.1 Å². The molecule has 0 bridgehead atoms. The van der Waals surface area contributed by atoms with Crippen LogP contribution in [-0.2, 0) is 27.1 Å². The maximum absolute atomic E-state index is 13.1. The van der Waals surface area contributed by atoms with Gasteiger partial charge in [-0.05, 0) is 82.6 Å². The molecular formula is C29H36F3NO5. The molecule has 1 saturated heterocycles. The molecule has 0 aromatic heterocycles. The number of nitrogens with one attached hydrogen (secondary N) is 1. The van der Waals surface area contributed by atoms with Crippen molar-refractivity contribution in [2.45, 2.75) is 83.9 Å². The molecule has 1 fully saturated rings. The molecule has 1 N–H and O–H groups in total. The first-order chi connectivity index (χ1) is 17.8. The number of alkyl carbamates (subject to hydrolysis) is 1. The maximum Gasteiger partial charge on any atom is 0.573 e. The SMILES string of the molecule is C[C@@H]1OC(=O)[C@@H](NC(=O)OC(C)(C)C)CCC[C@H](Cc2ccccc2)[C@H]1Cc1ccc(OC(F)(F)F)cc1. The van der Waals surface area contributed by atoms with Gasteiger partial charge in [0.05, 0.1) is 0 Å². The van der Waals surface area contributed by atoms with E-state index in [-0.39, 0.29) is 17.6 Å². The minimum atomic E-state index is -4.76. The Hall–Kier alpha value is -3.23. The standard InChI is InChI=1S/C29H36F3NO5/c1-19-24(18-21-13-15-23(16-14-21)37-29(30,31)32)22(17-20-9-6-5-7-10-20)11-8-12-25(26(34)36-19)33-27(35)38-28(2,3)4/h5-7,9-10,13-16,19,22,24-25H,8,11-12,17-18H2,1-4H3,(H,33,35)/t19-,22+,24-,25-/m0/s1. The van der Waals surface area contributed by atoms with Crippen molar-refractivity contribution < 1.29 is 37.0 Å². The van der Waals surface area contributed by atoms with Gasteiger partial charge < -0.3 is 19.5 Å². The third-order valence-electron chi connectivity index (χ3n) is 6.52. The smallest absolute Gasteiger partial charge is 0.461 e. The fourth-order valence-electron chi connectivity index (χ4n) is 4.84. The number of carbonyl (C=O) groups excluding carboxylic acids is 2.